The van der Waals surface area contributed by atoms with Gasteiger partial charge in [0.25, 0.3) is 10.0 Å². The van der Waals surface area contributed by atoms with Crippen LogP contribution in [0.1, 0.15) is 5.56 Å². The van der Waals surface area contributed by atoms with Gasteiger partial charge in [-0.2, -0.15) is 5.26 Å². The summed E-state index contributed by atoms with van der Waals surface area (Å²) in [7, 11) is -3.81. The highest BCUT2D eigenvalue weighted by atomic mass is 79.9. The van der Waals surface area contributed by atoms with Crippen molar-refractivity contribution >= 4 is 59.2 Å². The number of benzene rings is 2. The topological polar surface area (TPSA) is 70.0 Å². The van der Waals surface area contributed by atoms with Crippen molar-refractivity contribution in [2.75, 3.05) is 4.72 Å². The van der Waals surface area contributed by atoms with E-state index in [4.69, 9.17) is 16.9 Å². The average molecular weight is 451 g/mol. The predicted octanol–water partition coefficient (Wildman–Crippen LogP) is 4.54. The fourth-order valence-corrected chi connectivity index (χ4v) is 4.42. The fraction of sp³-hybridized carbons (Fsp3) is 0. The largest absolute Gasteiger partial charge is 0.277 e. The summed E-state index contributed by atoms with van der Waals surface area (Å²) in [4.78, 5) is -0.0193. The van der Waals surface area contributed by atoms with Crippen molar-refractivity contribution in [3.63, 3.8) is 0 Å². The van der Waals surface area contributed by atoms with Crippen LogP contribution >= 0.6 is 43.5 Å². The number of sulfonamides is 1. The van der Waals surface area contributed by atoms with Crippen LogP contribution in [0.5, 0.6) is 0 Å². The summed E-state index contributed by atoms with van der Waals surface area (Å²) in [6.45, 7) is 0. The minimum atomic E-state index is -3.81. The lowest BCUT2D eigenvalue weighted by Gasteiger charge is -2.12. The van der Waals surface area contributed by atoms with E-state index >= 15 is 0 Å². The molecule has 2 aromatic rings. The van der Waals surface area contributed by atoms with Crippen LogP contribution in [0.25, 0.3) is 0 Å². The molecule has 2 rings (SSSR count). The number of rotatable bonds is 3. The summed E-state index contributed by atoms with van der Waals surface area (Å²) in [5.74, 6) is 0. The molecule has 0 heterocycles. The Balaban J connectivity index is 2.44. The Labute approximate surface area is 144 Å². The second kappa shape index (κ2) is 6.36. The van der Waals surface area contributed by atoms with Crippen molar-refractivity contribution in [2.24, 2.45) is 0 Å². The normalized spacial score (nSPS) is 11.0. The monoisotopic (exact) mass is 448 g/mol. The first-order valence-corrected chi connectivity index (χ1v) is 8.96. The van der Waals surface area contributed by atoms with Gasteiger partial charge in [0.2, 0.25) is 0 Å². The van der Waals surface area contributed by atoms with E-state index in [0.29, 0.717) is 14.6 Å². The molecule has 0 fully saturated rings. The van der Waals surface area contributed by atoms with Gasteiger partial charge in [0, 0.05) is 8.95 Å². The quantitative estimate of drug-likeness (QED) is 0.747. The highest BCUT2D eigenvalue weighted by Crippen LogP contribution is 2.32. The zero-order chi connectivity index (χ0) is 15.6. The second-order valence-electron chi connectivity index (χ2n) is 3.96. The van der Waals surface area contributed by atoms with Crippen LogP contribution in [0, 0.1) is 11.3 Å². The van der Waals surface area contributed by atoms with Crippen LogP contribution in [-0.2, 0) is 10.0 Å². The maximum absolute atomic E-state index is 12.4. The van der Waals surface area contributed by atoms with Crippen molar-refractivity contribution in [1.29, 1.82) is 5.26 Å². The minimum absolute atomic E-state index is 0.0193. The predicted molar refractivity (Wildman–Crippen MR) is 88.8 cm³/mol. The lowest BCUT2D eigenvalue weighted by Crippen LogP contribution is -2.13. The molecule has 0 amide bonds. The SMILES string of the molecule is N#Cc1ccc(S(=O)(=O)Nc2c(Br)cccc2Br)cc1Cl. The molecule has 2 aromatic carbocycles. The van der Waals surface area contributed by atoms with E-state index in [-0.39, 0.29) is 15.5 Å². The van der Waals surface area contributed by atoms with Gasteiger partial charge in [-0.1, -0.05) is 17.7 Å². The van der Waals surface area contributed by atoms with E-state index in [1.807, 2.05) is 6.07 Å². The van der Waals surface area contributed by atoms with Crippen molar-refractivity contribution in [3.8, 4) is 6.07 Å². The Hall–Kier alpha value is -1.07. The number of halogens is 3. The maximum Gasteiger partial charge on any atom is 0.262 e. The molecule has 1 N–H and O–H groups in total. The Morgan fingerprint density at radius 2 is 1.76 bits per heavy atom. The van der Waals surface area contributed by atoms with Crippen LogP contribution in [0.4, 0.5) is 5.69 Å². The number of hydrogen-bond acceptors (Lipinski definition) is 3. The summed E-state index contributed by atoms with van der Waals surface area (Å²) < 4.78 is 28.4. The summed E-state index contributed by atoms with van der Waals surface area (Å²) in [6, 6.07) is 11.0. The first kappa shape index (κ1) is 16.3. The number of para-hydroxylation sites is 1. The fourth-order valence-electron chi connectivity index (χ4n) is 1.54. The molecule has 0 saturated carbocycles. The third kappa shape index (κ3) is 3.58. The number of nitriles is 1. The first-order valence-electron chi connectivity index (χ1n) is 5.51. The van der Waals surface area contributed by atoms with Gasteiger partial charge in [-0.05, 0) is 62.2 Å². The molecule has 108 valence electrons. The van der Waals surface area contributed by atoms with Gasteiger partial charge in [-0.15, -0.1) is 0 Å². The van der Waals surface area contributed by atoms with Crippen LogP contribution < -0.4 is 4.72 Å². The van der Waals surface area contributed by atoms with E-state index in [2.05, 4.69) is 36.6 Å². The summed E-state index contributed by atoms with van der Waals surface area (Å²) in [6.07, 6.45) is 0. The highest BCUT2D eigenvalue weighted by molar-refractivity contribution is 9.11. The van der Waals surface area contributed by atoms with Crippen LogP contribution in [0.15, 0.2) is 50.2 Å². The first-order chi connectivity index (χ1) is 9.85. The zero-order valence-electron chi connectivity index (χ0n) is 10.3. The van der Waals surface area contributed by atoms with Crippen molar-refractivity contribution in [2.45, 2.75) is 4.90 Å². The summed E-state index contributed by atoms with van der Waals surface area (Å²) in [5.41, 5.74) is 0.607. The molecule has 0 aromatic heterocycles. The third-order valence-electron chi connectivity index (χ3n) is 2.57. The van der Waals surface area contributed by atoms with Gasteiger partial charge < -0.3 is 0 Å². The molecule has 0 radical (unpaired) electrons. The van der Waals surface area contributed by atoms with Gasteiger partial charge in [-0.25, -0.2) is 8.42 Å². The Kier molecular flexibility index (Phi) is 4.94. The van der Waals surface area contributed by atoms with Crippen molar-refractivity contribution < 1.29 is 8.42 Å². The standard InChI is InChI=1S/C13H7Br2ClN2O2S/c14-10-2-1-3-11(15)13(10)18-21(19,20)9-5-4-8(7-17)12(16)6-9/h1-6,18H. The van der Waals surface area contributed by atoms with Gasteiger partial charge >= 0.3 is 0 Å². The lowest BCUT2D eigenvalue weighted by atomic mass is 10.2. The smallest absolute Gasteiger partial charge is 0.262 e. The molecule has 0 spiro atoms. The molecule has 0 aliphatic heterocycles. The van der Waals surface area contributed by atoms with Gasteiger partial charge in [0.15, 0.2) is 0 Å². The zero-order valence-corrected chi connectivity index (χ0v) is 15.0. The molecule has 0 atom stereocenters. The molecule has 0 unspecified atom stereocenters. The number of anilines is 1. The molecule has 0 saturated heterocycles. The Bertz CT molecular complexity index is 827. The van der Waals surface area contributed by atoms with Crippen molar-refractivity contribution in [1.82, 2.24) is 0 Å². The average Bonchev–Trinajstić information content (AvgIpc) is 2.43. The van der Waals surface area contributed by atoms with E-state index in [1.54, 1.807) is 18.2 Å². The van der Waals surface area contributed by atoms with Gasteiger partial charge in [0.05, 0.1) is 21.2 Å². The van der Waals surface area contributed by atoms with Crippen LogP contribution in [0.3, 0.4) is 0 Å². The molecule has 0 bridgehead atoms. The summed E-state index contributed by atoms with van der Waals surface area (Å²) >= 11 is 12.4. The molecular weight excluding hydrogens is 443 g/mol. The highest BCUT2D eigenvalue weighted by Gasteiger charge is 2.18. The van der Waals surface area contributed by atoms with Crippen molar-refractivity contribution in [3.05, 3.63) is 55.9 Å². The molecule has 0 aliphatic carbocycles. The van der Waals surface area contributed by atoms with Crippen LogP contribution in [-0.4, -0.2) is 8.42 Å². The Morgan fingerprint density at radius 3 is 2.29 bits per heavy atom. The molecule has 8 heteroatoms. The molecule has 0 aliphatic rings. The van der Waals surface area contributed by atoms with E-state index in [9.17, 15) is 8.42 Å². The summed E-state index contributed by atoms with van der Waals surface area (Å²) in [5, 5.41) is 8.90. The van der Waals surface area contributed by atoms with E-state index in [1.165, 1.54) is 18.2 Å². The maximum atomic E-state index is 12.4. The number of nitrogens with one attached hydrogen (secondary N) is 1. The number of nitrogens with zero attached hydrogens (tertiary/aromatic N) is 1. The Morgan fingerprint density at radius 1 is 1.14 bits per heavy atom. The molecule has 21 heavy (non-hydrogen) atoms. The van der Waals surface area contributed by atoms with E-state index in [0.717, 1.165) is 0 Å². The third-order valence-corrected chi connectivity index (χ3v) is 5.55. The van der Waals surface area contributed by atoms with Gasteiger partial charge in [-0.3, -0.25) is 4.72 Å². The minimum Gasteiger partial charge on any atom is -0.277 e. The van der Waals surface area contributed by atoms with Crippen LogP contribution in [0.2, 0.25) is 5.02 Å². The second-order valence-corrected chi connectivity index (χ2v) is 7.75. The van der Waals surface area contributed by atoms with Gasteiger partial charge in [0.1, 0.15) is 6.07 Å². The molecular formula is C13H7Br2ClN2O2S. The number of hydrogen-bond donors (Lipinski definition) is 1. The lowest BCUT2D eigenvalue weighted by molar-refractivity contribution is 0.601. The van der Waals surface area contributed by atoms with E-state index < -0.39 is 10.0 Å². The molecule has 4 nitrogen and oxygen atoms in total.